The number of carboxylic acid groups (broad SMARTS) is 1. The van der Waals surface area contributed by atoms with E-state index in [1.807, 2.05) is 0 Å². The molecule has 1 unspecified atom stereocenters. The fourth-order valence-electron chi connectivity index (χ4n) is 1.97. The summed E-state index contributed by atoms with van der Waals surface area (Å²) in [6.07, 6.45) is -4.69. The predicted octanol–water partition coefficient (Wildman–Crippen LogP) is 2.11. The number of aliphatic carboxylic acids is 1. The molecule has 0 saturated heterocycles. The molecule has 0 aliphatic heterocycles. The minimum Gasteiger partial charge on any atom is -0.477 e. The van der Waals surface area contributed by atoms with Crippen molar-refractivity contribution >= 4 is 11.7 Å². The summed E-state index contributed by atoms with van der Waals surface area (Å²) in [5.74, 6) is -2.95. The van der Waals surface area contributed by atoms with Crippen LogP contribution in [-0.4, -0.2) is 29.5 Å². The molecule has 0 spiro atoms. The monoisotopic (exact) mass is 264 g/mol. The maximum Gasteiger partial charge on any atom is 0.392 e. The third-order valence-corrected chi connectivity index (χ3v) is 2.90. The normalized spacial score (nSPS) is 26.2. The first-order valence-electron chi connectivity index (χ1n) is 5.59. The Bertz CT molecular complexity index is 400. The van der Waals surface area contributed by atoms with Crippen molar-refractivity contribution in [2.24, 2.45) is 16.6 Å². The van der Waals surface area contributed by atoms with E-state index in [1.165, 1.54) is 0 Å². The topological polar surface area (TPSA) is 75.7 Å². The van der Waals surface area contributed by atoms with Gasteiger partial charge in [0.1, 0.15) is 5.70 Å². The van der Waals surface area contributed by atoms with Crippen LogP contribution in [-0.2, 0) is 4.79 Å². The van der Waals surface area contributed by atoms with Crippen molar-refractivity contribution in [3.63, 3.8) is 0 Å². The Morgan fingerprint density at radius 3 is 2.61 bits per heavy atom. The highest BCUT2D eigenvalue weighted by Crippen LogP contribution is 2.39. The van der Waals surface area contributed by atoms with Crippen molar-refractivity contribution in [1.82, 2.24) is 0 Å². The van der Waals surface area contributed by atoms with Gasteiger partial charge in [0.25, 0.3) is 0 Å². The van der Waals surface area contributed by atoms with E-state index < -0.39 is 30.2 Å². The number of hydrogen-bond donors (Lipinski definition) is 2. The second-order valence-corrected chi connectivity index (χ2v) is 4.10. The van der Waals surface area contributed by atoms with Gasteiger partial charge in [0.15, 0.2) is 0 Å². The second kappa shape index (κ2) is 5.41. The van der Waals surface area contributed by atoms with Crippen LogP contribution in [0.3, 0.4) is 0 Å². The van der Waals surface area contributed by atoms with Crippen molar-refractivity contribution in [3.05, 3.63) is 11.3 Å². The number of halogens is 3. The summed E-state index contributed by atoms with van der Waals surface area (Å²) in [7, 11) is 0. The lowest BCUT2D eigenvalue weighted by Crippen LogP contribution is -2.32. The Morgan fingerprint density at radius 1 is 1.56 bits per heavy atom. The van der Waals surface area contributed by atoms with Crippen molar-refractivity contribution in [2.75, 3.05) is 6.54 Å². The van der Waals surface area contributed by atoms with E-state index in [0.29, 0.717) is 12.3 Å². The van der Waals surface area contributed by atoms with E-state index in [2.05, 4.69) is 4.99 Å². The van der Waals surface area contributed by atoms with Gasteiger partial charge in [-0.15, -0.1) is 0 Å². The molecule has 1 fully saturated rings. The van der Waals surface area contributed by atoms with Crippen molar-refractivity contribution < 1.29 is 23.1 Å². The molecule has 18 heavy (non-hydrogen) atoms. The lowest BCUT2D eigenvalue weighted by atomic mass is 9.82. The molecule has 0 bridgehead atoms. The van der Waals surface area contributed by atoms with Gasteiger partial charge in [0, 0.05) is 17.8 Å². The summed E-state index contributed by atoms with van der Waals surface area (Å²) in [5, 5.41) is 8.79. The molecule has 7 heteroatoms. The van der Waals surface area contributed by atoms with Crippen LogP contribution in [0.1, 0.15) is 26.2 Å². The molecule has 1 aliphatic rings. The van der Waals surface area contributed by atoms with Gasteiger partial charge < -0.3 is 10.8 Å². The number of carbonyl (C=O) groups is 1. The number of nitrogens with zero attached hydrogens (tertiary/aromatic N) is 1. The highest BCUT2D eigenvalue weighted by atomic mass is 19.4. The molecule has 4 nitrogen and oxygen atoms in total. The third-order valence-electron chi connectivity index (χ3n) is 2.90. The van der Waals surface area contributed by atoms with Gasteiger partial charge in [-0.2, -0.15) is 13.2 Å². The number of hydrogen-bond acceptors (Lipinski definition) is 3. The minimum atomic E-state index is -4.33. The molecule has 3 N–H and O–H groups in total. The average Bonchev–Trinajstić information content (AvgIpc) is 2.27. The molecule has 0 radical (unpaired) electrons. The fourth-order valence-corrected chi connectivity index (χ4v) is 1.97. The predicted molar refractivity (Wildman–Crippen MR) is 60.2 cm³/mol. The van der Waals surface area contributed by atoms with Gasteiger partial charge in [0.05, 0.1) is 5.92 Å². The number of aliphatic imine (C=N–C) groups is 1. The third kappa shape index (κ3) is 3.24. The highest BCUT2D eigenvalue weighted by Gasteiger charge is 2.43. The number of alkyl halides is 3. The summed E-state index contributed by atoms with van der Waals surface area (Å²) < 4.78 is 37.9. The molecule has 102 valence electrons. The molecule has 0 heterocycles. The molecular weight excluding hydrogens is 249 g/mol. The largest absolute Gasteiger partial charge is 0.477 e. The van der Waals surface area contributed by atoms with Gasteiger partial charge in [-0.05, 0) is 26.2 Å². The average molecular weight is 264 g/mol. The Morgan fingerprint density at radius 2 is 2.17 bits per heavy atom. The van der Waals surface area contributed by atoms with Crippen molar-refractivity contribution in [1.29, 1.82) is 0 Å². The minimum absolute atomic E-state index is 0.0259. The van der Waals surface area contributed by atoms with E-state index in [0.717, 1.165) is 0 Å². The molecule has 1 saturated carbocycles. The van der Waals surface area contributed by atoms with Crippen LogP contribution in [0.4, 0.5) is 13.2 Å². The summed E-state index contributed by atoms with van der Waals surface area (Å²) in [6.45, 7) is 2.12. The Labute approximate surface area is 102 Å². The number of nitrogens with two attached hydrogens (primary N) is 1. The van der Waals surface area contributed by atoms with Gasteiger partial charge >= 0.3 is 12.1 Å². The van der Waals surface area contributed by atoms with E-state index in [4.69, 9.17) is 10.8 Å². The van der Waals surface area contributed by atoms with E-state index in [9.17, 15) is 18.0 Å². The van der Waals surface area contributed by atoms with Gasteiger partial charge in [-0.25, -0.2) is 4.79 Å². The van der Waals surface area contributed by atoms with E-state index in [-0.39, 0.29) is 18.4 Å². The first-order chi connectivity index (χ1) is 8.27. The first-order valence-corrected chi connectivity index (χ1v) is 5.59. The molecular formula is C11H15F3N2O2. The highest BCUT2D eigenvalue weighted by molar-refractivity contribution is 6.06. The zero-order valence-electron chi connectivity index (χ0n) is 9.92. The number of allylic oxidation sites excluding steroid dienone is 1. The second-order valence-electron chi connectivity index (χ2n) is 4.10. The lowest BCUT2D eigenvalue weighted by Gasteiger charge is -2.28. The summed E-state index contributed by atoms with van der Waals surface area (Å²) in [6, 6.07) is 0. The van der Waals surface area contributed by atoms with Crippen LogP contribution >= 0.6 is 0 Å². The molecule has 0 aromatic carbocycles. The SMILES string of the molecule is CCN=C1CCC(C(F)(F)F)CC1=C(N)C(=O)O. The maximum absolute atomic E-state index is 12.6. The van der Waals surface area contributed by atoms with Crippen LogP contribution in [0.2, 0.25) is 0 Å². The van der Waals surface area contributed by atoms with E-state index >= 15 is 0 Å². The lowest BCUT2D eigenvalue weighted by molar-refractivity contribution is -0.176. The molecule has 1 atom stereocenters. The standard InChI is InChI=1S/C11H15F3N2O2/c1-2-16-8-4-3-6(11(12,13)14)5-7(8)9(15)10(17)18/h6H,2-5,15H2,1H3,(H,17,18). The van der Waals surface area contributed by atoms with Crippen LogP contribution in [0.15, 0.2) is 16.3 Å². The van der Waals surface area contributed by atoms with Crippen molar-refractivity contribution in [2.45, 2.75) is 32.4 Å². The molecule has 0 aromatic heterocycles. The summed E-state index contributed by atoms with van der Waals surface area (Å²) in [5.41, 5.74) is 5.23. The first kappa shape index (κ1) is 14.5. The van der Waals surface area contributed by atoms with Crippen LogP contribution in [0, 0.1) is 5.92 Å². The van der Waals surface area contributed by atoms with E-state index in [1.54, 1.807) is 6.92 Å². The van der Waals surface area contributed by atoms with Crippen LogP contribution in [0.25, 0.3) is 0 Å². The molecule has 0 aromatic rings. The Hall–Kier alpha value is -1.53. The number of rotatable bonds is 2. The smallest absolute Gasteiger partial charge is 0.392 e. The quantitative estimate of drug-likeness (QED) is 0.750. The Kier molecular flexibility index (Phi) is 4.37. The van der Waals surface area contributed by atoms with Crippen LogP contribution in [0.5, 0.6) is 0 Å². The maximum atomic E-state index is 12.6. The molecule has 0 amide bonds. The van der Waals surface area contributed by atoms with Gasteiger partial charge in [-0.1, -0.05) is 0 Å². The Balaban J connectivity index is 3.09. The van der Waals surface area contributed by atoms with Crippen LogP contribution < -0.4 is 5.73 Å². The summed E-state index contributed by atoms with van der Waals surface area (Å²) >= 11 is 0. The molecule has 1 aliphatic carbocycles. The molecule has 1 rings (SSSR count). The van der Waals surface area contributed by atoms with Gasteiger partial charge in [0.2, 0.25) is 0 Å². The zero-order valence-corrected chi connectivity index (χ0v) is 9.92. The number of carboxylic acids is 1. The van der Waals surface area contributed by atoms with Crippen molar-refractivity contribution in [3.8, 4) is 0 Å². The fraction of sp³-hybridized carbons (Fsp3) is 0.636. The zero-order chi connectivity index (χ0) is 13.9. The van der Waals surface area contributed by atoms with Gasteiger partial charge in [-0.3, -0.25) is 4.99 Å². The summed E-state index contributed by atoms with van der Waals surface area (Å²) in [4.78, 5) is 14.8.